The van der Waals surface area contributed by atoms with Crippen molar-refractivity contribution in [2.45, 2.75) is 91.0 Å². The Kier molecular flexibility index (Phi) is 18.4. The van der Waals surface area contributed by atoms with Gasteiger partial charge in [0.25, 0.3) is 11.4 Å². The second-order valence-corrected chi connectivity index (χ2v) is 15.4. The van der Waals surface area contributed by atoms with Crippen molar-refractivity contribution in [3.63, 3.8) is 0 Å². The van der Waals surface area contributed by atoms with Gasteiger partial charge in [0.1, 0.15) is 17.8 Å². The van der Waals surface area contributed by atoms with Gasteiger partial charge in [-0.05, 0) is 70.2 Å². The first-order chi connectivity index (χ1) is 28.3. The number of aliphatic hydroxyl groups is 1. The van der Waals surface area contributed by atoms with Gasteiger partial charge < -0.3 is 24.6 Å². The van der Waals surface area contributed by atoms with Gasteiger partial charge in [-0.1, -0.05) is 84.9 Å². The van der Waals surface area contributed by atoms with Crippen LogP contribution in [0.2, 0.25) is 0 Å². The summed E-state index contributed by atoms with van der Waals surface area (Å²) >= 11 is 0. The number of alkyl carbamates (subject to hydrolysis) is 1. The number of aliphatic hydroxyl groups excluding tert-OH is 1. The van der Waals surface area contributed by atoms with Gasteiger partial charge in [0.05, 0.1) is 22.0 Å². The van der Waals surface area contributed by atoms with Crippen LogP contribution in [0.3, 0.4) is 0 Å². The van der Waals surface area contributed by atoms with Crippen molar-refractivity contribution in [2.75, 3.05) is 6.54 Å². The van der Waals surface area contributed by atoms with Crippen LogP contribution in [-0.2, 0) is 40.3 Å². The summed E-state index contributed by atoms with van der Waals surface area (Å²) in [7, 11) is 0. The Morgan fingerprint density at radius 2 is 1.15 bits per heavy atom. The summed E-state index contributed by atoms with van der Waals surface area (Å²) in [5.74, 6) is 0. The minimum Gasteiger partial charge on any atom is -0.445 e. The third kappa shape index (κ3) is 19.2. The van der Waals surface area contributed by atoms with Gasteiger partial charge in [0.15, 0.2) is 0 Å². The number of rotatable bonds is 16. The molecule has 322 valence electrons. The summed E-state index contributed by atoms with van der Waals surface area (Å²) in [4.78, 5) is 57.2. The van der Waals surface area contributed by atoms with Gasteiger partial charge >= 0.3 is 18.3 Å². The molecule has 0 aliphatic rings. The Labute approximate surface area is 348 Å². The van der Waals surface area contributed by atoms with E-state index in [1.54, 1.807) is 65.8 Å². The monoisotopic (exact) mass is 831 g/mol. The number of nitro benzene ring substituents is 2. The number of non-ortho nitro benzene ring substituents is 2. The second-order valence-electron chi connectivity index (χ2n) is 15.4. The van der Waals surface area contributed by atoms with Crippen LogP contribution in [0, 0.1) is 20.2 Å². The largest absolute Gasteiger partial charge is 0.445 e. The lowest BCUT2D eigenvalue weighted by atomic mass is 10.0. The minimum absolute atomic E-state index is 0.0313. The molecule has 2 atom stereocenters. The van der Waals surface area contributed by atoms with Crippen LogP contribution in [0.5, 0.6) is 0 Å². The average molecular weight is 832 g/mol. The van der Waals surface area contributed by atoms with E-state index in [0.717, 1.165) is 16.7 Å². The van der Waals surface area contributed by atoms with Gasteiger partial charge in [0.2, 0.25) is 0 Å². The predicted octanol–water partition coefficient (Wildman–Crippen LogP) is 6.86. The van der Waals surface area contributed by atoms with Crippen LogP contribution in [0.25, 0.3) is 0 Å². The number of ether oxygens (including phenoxy) is 3. The molecule has 0 heterocycles. The fourth-order valence-corrected chi connectivity index (χ4v) is 5.20. The zero-order valence-corrected chi connectivity index (χ0v) is 34.5. The van der Waals surface area contributed by atoms with E-state index >= 15 is 0 Å². The van der Waals surface area contributed by atoms with E-state index in [4.69, 9.17) is 14.2 Å². The molecular formula is C42H53N7O11. The standard InChI is InChI=1S/C30H36N4O7.C12H17N3O4/c1-30(2,3)41-29(37)32-33(19-23-14-16-25(17-15-23)34(38)39)20-27(35)26(18-22-10-6-4-7-11-22)31-28(36)40-21-24-12-8-5-9-13-24;1-12(2,3)19-11(16)14-13-8-9-4-6-10(7-5-9)15(17)18/h4-17,26-27,35H,18-21H2,1-3H3,(H,31,36)(H,32,37);4-7,13H,8H2,1-3H3,(H,14,16)/t26-,27-;/m0./s1. The number of amides is 3. The first-order valence-corrected chi connectivity index (χ1v) is 18.9. The molecule has 5 N–H and O–H groups in total. The highest BCUT2D eigenvalue weighted by Crippen LogP contribution is 2.16. The van der Waals surface area contributed by atoms with Crippen LogP contribution in [-0.4, -0.2) is 68.1 Å². The van der Waals surface area contributed by atoms with Gasteiger partial charge in [-0.2, -0.15) is 0 Å². The van der Waals surface area contributed by atoms with E-state index in [2.05, 4.69) is 21.6 Å². The molecule has 0 saturated carbocycles. The molecule has 0 fully saturated rings. The molecule has 4 aromatic rings. The van der Waals surface area contributed by atoms with Crippen molar-refractivity contribution in [3.05, 3.63) is 152 Å². The molecule has 3 amide bonds. The number of carbonyl (C=O) groups is 3. The zero-order valence-electron chi connectivity index (χ0n) is 34.5. The second kappa shape index (κ2) is 23.1. The average Bonchev–Trinajstić information content (AvgIpc) is 3.17. The molecule has 60 heavy (non-hydrogen) atoms. The molecular weight excluding hydrogens is 778 g/mol. The lowest BCUT2D eigenvalue weighted by Gasteiger charge is -2.31. The summed E-state index contributed by atoms with van der Waals surface area (Å²) in [6, 6.07) is 29.7. The Balaban J connectivity index is 0.000000423. The zero-order chi connectivity index (χ0) is 44.3. The summed E-state index contributed by atoms with van der Waals surface area (Å²) in [5, 5.41) is 37.0. The van der Waals surface area contributed by atoms with E-state index in [1.807, 2.05) is 60.7 Å². The van der Waals surface area contributed by atoms with Gasteiger partial charge in [-0.15, -0.1) is 0 Å². The fourth-order valence-electron chi connectivity index (χ4n) is 5.20. The van der Waals surface area contributed by atoms with Crippen molar-refractivity contribution in [1.29, 1.82) is 0 Å². The van der Waals surface area contributed by atoms with Crippen molar-refractivity contribution in [2.24, 2.45) is 0 Å². The summed E-state index contributed by atoms with van der Waals surface area (Å²) in [5.41, 5.74) is 9.50. The summed E-state index contributed by atoms with van der Waals surface area (Å²) in [6.07, 6.45) is -2.88. The first-order valence-electron chi connectivity index (χ1n) is 18.9. The molecule has 0 aliphatic carbocycles. The van der Waals surface area contributed by atoms with Crippen molar-refractivity contribution < 1.29 is 43.5 Å². The first kappa shape index (κ1) is 47.7. The topological polar surface area (TPSA) is 237 Å². The van der Waals surface area contributed by atoms with E-state index in [-0.39, 0.29) is 31.1 Å². The molecule has 4 aromatic carbocycles. The number of nitrogens with one attached hydrogen (secondary N) is 4. The normalized spacial score (nSPS) is 12.1. The lowest BCUT2D eigenvalue weighted by molar-refractivity contribution is -0.385. The predicted molar refractivity (Wildman–Crippen MR) is 222 cm³/mol. The SMILES string of the molecule is CC(C)(C)OC(=O)NN(Cc1ccc([N+](=O)[O-])cc1)C[C@H](O)[C@H](Cc1ccccc1)NC(=O)OCc1ccccc1.CC(C)(C)OC(=O)NNCc1ccc([N+](=O)[O-])cc1. The van der Waals surface area contributed by atoms with E-state index in [1.165, 1.54) is 29.3 Å². The Morgan fingerprint density at radius 1 is 0.667 bits per heavy atom. The Hall–Kier alpha value is -6.63. The highest BCUT2D eigenvalue weighted by Gasteiger charge is 2.27. The molecule has 0 aromatic heterocycles. The van der Waals surface area contributed by atoms with Crippen LogP contribution in [0.15, 0.2) is 109 Å². The van der Waals surface area contributed by atoms with Crippen LogP contribution < -0.4 is 21.6 Å². The molecule has 0 bridgehead atoms. The maximum absolute atomic E-state index is 12.7. The maximum atomic E-state index is 12.7. The molecule has 0 unspecified atom stereocenters. The van der Waals surface area contributed by atoms with Crippen LogP contribution in [0.1, 0.15) is 63.8 Å². The number of hydrogen-bond acceptors (Lipinski definition) is 13. The number of nitro groups is 2. The molecule has 0 spiro atoms. The number of carbonyl (C=O) groups excluding carboxylic acids is 3. The van der Waals surface area contributed by atoms with Gasteiger partial charge in [-0.3, -0.25) is 31.1 Å². The Bertz CT molecular complexity index is 1970. The van der Waals surface area contributed by atoms with Crippen molar-refractivity contribution in [1.82, 2.24) is 26.6 Å². The molecule has 18 heteroatoms. The minimum atomic E-state index is -1.16. The van der Waals surface area contributed by atoms with E-state index < -0.39 is 51.5 Å². The Morgan fingerprint density at radius 3 is 1.65 bits per heavy atom. The summed E-state index contributed by atoms with van der Waals surface area (Å²) in [6.45, 7) is 10.9. The van der Waals surface area contributed by atoms with Crippen LogP contribution in [0.4, 0.5) is 25.8 Å². The van der Waals surface area contributed by atoms with Crippen LogP contribution >= 0.6 is 0 Å². The van der Waals surface area contributed by atoms with Crippen molar-refractivity contribution >= 4 is 29.7 Å². The van der Waals surface area contributed by atoms with Gasteiger partial charge in [-0.25, -0.2) is 24.8 Å². The smallest absolute Gasteiger partial charge is 0.422 e. The lowest BCUT2D eigenvalue weighted by Crippen LogP contribution is -2.53. The third-order valence-corrected chi connectivity index (χ3v) is 7.88. The maximum Gasteiger partial charge on any atom is 0.422 e. The number of hydrazine groups is 2. The highest BCUT2D eigenvalue weighted by molar-refractivity contribution is 5.68. The van der Waals surface area contributed by atoms with Crippen molar-refractivity contribution in [3.8, 4) is 0 Å². The molecule has 0 saturated heterocycles. The quantitative estimate of drug-likeness (QED) is 0.0441. The number of nitrogens with zero attached hydrogens (tertiary/aromatic N) is 3. The fraction of sp³-hybridized carbons (Fsp3) is 0.357. The molecule has 18 nitrogen and oxygen atoms in total. The summed E-state index contributed by atoms with van der Waals surface area (Å²) < 4.78 is 15.8. The third-order valence-electron chi connectivity index (χ3n) is 7.88. The van der Waals surface area contributed by atoms with Gasteiger partial charge in [0, 0.05) is 43.9 Å². The highest BCUT2D eigenvalue weighted by atomic mass is 16.6. The number of benzene rings is 4. The molecule has 4 rings (SSSR count). The molecule has 0 radical (unpaired) electrons. The van der Waals surface area contributed by atoms with E-state index in [9.17, 15) is 39.7 Å². The molecule has 0 aliphatic heterocycles. The van der Waals surface area contributed by atoms with E-state index in [0.29, 0.717) is 18.5 Å². The number of hydrogen-bond donors (Lipinski definition) is 5.